The number of allylic oxidation sites excluding steroid dienone is 1. The molecule has 0 heterocycles. The molecule has 0 N–H and O–H groups in total. The van der Waals surface area contributed by atoms with Crippen molar-refractivity contribution in [1.29, 1.82) is 0 Å². The molecule has 0 aliphatic heterocycles. The van der Waals surface area contributed by atoms with Crippen LogP contribution in [0.5, 0.6) is 0 Å². The summed E-state index contributed by atoms with van der Waals surface area (Å²) >= 11 is 0. The SMILES string of the molecule is Cc1ccc([C@@H](C)/C=C/c2ccccc2)cc1. The van der Waals surface area contributed by atoms with Crippen LogP contribution in [0.4, 0.5) is 0 Å². The lowest BCUT2D eigenvalue weighted by molar-refractivity contribution is 0.971. The third-order valence-electron chi connectivity index (χ3n) is 2.98. The Balaban J connectivity index is 2.09. The zero-order chi connectivity index (χ0) is 12.1. The van der Waals surface area contributed by atoms with E-state index in [1.807, 2.05) is 6.07 Å². The molecule has 0 unspecified atom stereocenters. The predicted octanol–water partition coefficient (Wildman–Crippen LogP) is 4.81. The van der Waals surface area contributed by atoms with E-state index >= 15 is 0 Å². The van der Waals surface area contributed by atoms with Crippen LogP contribution in [0.15, 0.2) is 60.7 Å². The fourth-order valence-electron chi connectivity index (χ4n) is 1.80. The lowest BCUT2D eigenvalue weighted by Crippen LogP contribution is -1.88. The van der Waals surface area contributed by atoms with Gasteiger partial charge in [0.25, 0.3) is 0 Å². The normalized spacial score (nSPS) is 12.8. The molecule has 0 aliphatic carbocycles. The Bertz CT molecular complexity index is 477. The maximum absolute atomic E-state index is 2.25. The Morgan fingerprint density at radius 3 is 2.18 bits per heavy atom. The largest absolute Gasteiger partial charge is 0.0767 e. The van der Waals surface area contributed by atoms with Gasteiger partial charge in [-0.05, 0) is 24.0 Å². The number of hydrogen-bond donors (Lipinski definition) is 0. The smallest absolute Gasteiger partial charge is 0.000710 e. The number of aryl methyl sites for hydroxylation is 1. The van der Waals surface area contributed by atoms with Crippen molar-refractivity contribution in [2.75, 3.05) is 0 Å². The number of hydrogen-bond acceptors (Lipinski definition) is 0. The van der Waals surface area contributed by atoms with Gasteiger partial charge in [0.1, 0.15) is 0 Å². The highest BCUT2D eigenvalue weighted by molar-refractivity contribution is 5.50. The monoisotopic (exact) mass is 222 g/mol. The van der Waals surface area contributed by atoms with Crippen molar-refractivity contribution < 1.29 is 0 Å². The van der Waals surface area contributed by atoms with Crippen molar-refractivity contribution in [2.24, 2.45) is 0 Å². The van der Waals surface area contributed by atoms with Gasteiger partial charge in [-0.25, -0.2) is 0 Å². The van der Waals surface area contributed by atoms with Crippen LogP contribution in [0.2, 0.25) is 0 Å². The highest BCUT2D eigenvalue weighted by atomic mass is 14.0. The van der Waals surface area contributed by atoms with Crippen LogP contribution in [0.25, 0.3) is 6.08 Å². The number of rotatable bonds is 3. The molecule has 0 spiro atoms. The van der Waals surface area contributed by atoms with Gasteiger partial charge in [-0.3, -0.25) is 0 Å². The quantitative estimate of drug-likeness (QED) is 0.699. The summed E-state index contributed by atoms with van der Waals surface area (Å²) in [5.74, 6) is 0.454. The average Bonchev–Trinajstić information content (AvgIpc) is 2.38. The van der Waals surface area contributed by atoms with Gasteiger partial charge in [0.05, 0.1) is 0 Å². The van der Waals surface area contributed by atoms with E-state index in [9.17, 15) is 0 Å². The molecule has 0 aromatic heterocycles. The molecule has 2 aromatic rings. The first-order valence-electron chi connectivity index (χ1n) is 6.05. The minimum Gasteiger partial charge on any atom is -0.0767 e. The first-order valence-corrected chi connectivity index (χ1v) is 6.05. The minimum absolute atomic E-state index is 0.454. The van der Waals surface area contributed by atoms with E-state index in [1.54, 1.807) is 0 Å². The number of benzene rings is 2. The molecule has 0 nitrogen and oxygen atoms in total. The summed E-state index contributed by atoms with van der Waals surface area (Å²) in [6.07, 6.45) is 4.44. The van der Waals surface area contributed by atoms with Gasteiger partial charge in [-0.2, -0.15) is 0 Å². The zero-order valence-corrected chi connectivity index (χ0v) is 10.4. The Morgan fingerprint density at radius 2 is 1.53 bits per heavy atom. The van der Waals surface area contributed by atoms with E-state index in [2.05, 4.69) is 74.5 Å². The van der Waals surface area contributed by atoms with Crippen LogP contribution in [0.3, 0.4) is 0 Å². The van der Waals surface area contributed by atoms with E-state index < -0.39 is 0 Å². The third-order valence-corrected chi connectivity index (χ3v) is 2.98. The fourth-order valence-corrected chi connectivity index (χ4v) is 1.80. The van der Waals surface area contributed by atoms with Gasteiger partial charge >= 0.3 is 0 Å². The lowest BCUT2D eigenvalue weighted by atomic mass is 9.99. The third kappa shape index (κ3) is 3.32. The second-order valence-electron chi connectivity index (χ2n) is 4.47. The molecule has 86 valence electrons. The molecular formula is C17H18. The van der Waals surface area contributed by atoms with Gasteiger partial charge in [0.2, 0.25) is 0 Å². The minimum atomic E-state index is 0.454. The Labute approximate surface area is 104 Å². The van der Waals surface area contributed by atoms with Gasteiger partial charge in [-0.15, -0.1) is 0 Å². The van der Waals surface area contributed by atoms with Crippen LogP contribution in [0.1, 0.15) is 29.5 Å². The molecule has 0 fully saturated rings. The first-order chi connectivity index (χ1) is 8.25. The molecule has 0 bridgehead atoms. The first kappa shape index (κ1) is 11.7. The summed E-state index contributed by atoms with van der Waals surface area (Å²) < 4.78 is 0. The Hall–Kier alpha value is -1.82. The van der Waals surface area contributed by atoms with Gasteiger partial charge in [0.15, 0.2) is 0 Å². The lowest BCUT2D eigenvalue weighted by Gasteiger charge is -2.06. The van der Waals surface area contributed by atoms with Crippen molar-refractivity contribution in [3.63, 3.8) is 0 Å². The molecule has 0 radical (unpaired) electrons. The summed E-state index contributed by atoms with van der Waals surface area (Å²) in [7, 11) is 0. The van der Waals surface area contributed by atoms with E-state index in [-0.39, 0.29) is 0 Å². The van der Waals surface area contributed by atoms with Crippen LogP contribution in [0, 0.1) is 6.92 Å². The van der Waals surface area contributed by atoms with Crippen LogP contribution >= 0.6 is 0 Å². The summed E-state index contributed by atoms with van der Waals surface area (Å²) in [5, 5.41) is 0. The maximum Gasteiger partial charge on any atom is -0.000710 e. The van der Waals surface area contributed by atoms with Gasteiger partial charge in [0, 0.05) is 0 Å². The van der Waals surface area contributed by atoms with Crippen LogP contribution in [-0.4, -0.2) is 0 Å². The molecular weight excluding hydrogens is 204 g/mol. The van der Waals surface area contributed by atoms with Crippen LogP contribution < -0.4 is 0 Å². The van der Waals surface area contributed by atoms with Crippen molar-refractivity contribution in [3.8, 4) is 0 Å². The van der Waals surface area contributed by atoms with Crippen molar-refractivity contribution in [1.82, 2.24) is 0 Å². The standard InChI is InChI=1S/C17H18/c1-14-8-12-17(13-9-14)15(2)10-11-16-6-4-3-5-7-16/h3-13,15H,1-2H3/b11-10+/t15-/m0/s1. The van der Waals surface area contributed by atoms with Crippen molar-refractivity contribution in [3.05, 3.63) is 77.4 Å². The fraction of sp³-hybridized carbons (Fsp3) is 0.176. The molecule has 0 saturated carbocycles. The highest BCUT2D eigenvalue weighted by Crippen LogP contribution is 2.18. The van der Waals surface area contributed by atoms with Crippen molar-refractivity contribution in [2.45, 2.75) is 19.8 Å². The topological polar surface area (TPSA) is 0 Å². The van der Waals surface area contributed by atoms with Gasteiger partial charge < -0.3 is 0 Å². The molecule has 2 aromatic carbocycles. The summed E-state index contributed by atoms with van der Waals surface area (Å²) in [5.41, 5.74) is 3.93. The van der Waals surface area contributed by atoms with E-state index in [4.69, 9.17) is 0 Å². The molecule has 0 aliphatic rings. The molecule has 2 rings (SSSR count). The van der Waals surface area contributed by atoms with Gasteiger partial charge in [-0.1, -0.05) is 79.2 Å². The molecule has 1 atom stereocenters. The molecule has 0 saturated heterocycles. The predicted molar refractivity (Wildman–Crippen MR) is 75.1 cm³/mol. The zero-order valence-electron chi connectivity index (χ0n) is 10.4. The van der Waals surface area contributed by atoms with Crippen molar-refractivity contribution >= 4 is 6.08 Å². The van der Waals surface area contributed by atoms with Crippen LogP contribution in [-0.2, 0) is 0 Å². The molecule has 0 heteroatoms. The Morgan fingerprint density at radius 1 is 0.882 bits per heavy atom. The van der Waals surface area contributed by atoms with E-state index in [0.717, 1.165) is 0 Å². The Kier molecular flexibility index (Phi) is 3.77. The molecule has 17 heavy (non-hydrogen) atoms. The van der Waals surface area contributed by atoms with E-state index in [1.165, 1.54) is 16.7 Å². The summed E-state index contributed by atoms with van der Waals surface area (Å²) in [4.78, 5) is 0. The molecule has 0 amide bonds. The second-order valence-corrected chi connectivity index (χ2v) is 4.47. The summed E-state index contributed by atoms with van der Waals surface area (Å²) in [6, 6.07) is 19.2. The van der Waals surface area contributed by atoms with E-state index in [0.29, 0.717) is 5.92 Å². The second kappa shape index (κ2) is 5.49. The summed E-state index contributed by atoms with van der Waals surface area (Å²) in [6.45, 7) is 4.35. The highest BCUT2D eigenvalue weighted by Gasteiger charge is 1.99. The average molecular weight is 222 g/mol. The maximum atomic E-state index is 2.25.